The van der Waals surface area contributed by atoms with Gasteiger partial charge in [-0.25, -0.2) is 4.79 Å². The summed E-state index contributed by atoms with van der Waals surface area (Å²) in [6, 6.07) is -0.455. The van der Waals surface area contributed by atoms with Crippen LogP contribution in [-0.4, -0.2) is 37.0 Å². The fraction of sp³-hybridized carbons (Fsp3) is 0.867. The van der Waals surface area contributed by atoms with Crippen LogP contribution < -0.4 is 10.6 Å². The van der Waals surface area contributed by atoms with Crippen molar-refractivity contribution in [1.82, 2.24) is 10.6 Å². The summed E-state index contributed by atoms with van der Waals surface area (Å²) in [7, 11) is 0. The predicted molar refractivity (Wildman–Crippen MR) is 75.4 cm³/mol. The fourth-order valence-corrected chi connectivity index (χ4v) is 3.55. The van der Waals surface area contributed by atoms with Crippen LogP contribution in [-0.2, 0) is 14.3 Å². The standard InChI is InChI=1S/C15H24N2O4/c1-8(2)7-20-10-4-3-9-5-11-13(18)16-15(19)17-14(11)21-12(9)6-10/h8-12,14H,3-7H2,1-2H3,(H2,16,17,18,19). The summed E-state index contributed by atoms with van der Waals surface area (Å²) >= 11 is 0. The molecule has 5 unspecified atom stereocenters. The van der Waals surface area contributed by atoms with E-state index in [1.165, 1.54) is 0 Å². The fourth-order valence-electron chi connectivity index (χ4n) is 3.55. The molecule has 3 fully saturated rings. The lowest BCUT2D eigenvalue weighted by atomic mass is 9.76. The molecule has 5 atom stereocenters. The zero-order valence-corrected chi connectivity index (χ0v) is 12.6. The Morgan fingerprint density at radius 1 is 1.29 bits per heavy atom. The Bertz CT molecular complexity index is 426. The monoisotopic (exact) mass is 296 g/mol. The van der Waals surface area contributed by atoms with Gasteiger partial charge in [0.25, 0.3) is 0 Å². The summed E-state index contributed by atoms with van der Waals surface area (Å²) in [5.74, 6) is 0.462. The van der Waals surface area contributed by atoms with Crippen molar-refractivity contribution < 1.29 is 19.1 Å². The van der Waals surface area contributed by atoms with E-state index in [-0.39, 0.29) is 24.0 Å². The van der Waals surface area contributed by atoms with Gasteiger partial charge >= 0.3 is 6.03 Å². The summed E-state index contributed by atoms with van der Waals surface area (Å²) in [6.07, 6.45) is 3.55. The van der Waals surface area contributed by atoms with Crippen molar-refractivity contribution in [3.05, 3.63) is 0 Å². The van der Waals surface area contributed by atoms with Crippen molar-refractivity contribution in [1.29, 1.82) is 0 Å². The maximum Gasteiger partial charge on any atom is 0.323 e. The molecule has 3 rings (SSSR count). The summed E-state index contributed by atoms with van der Waals surface area (Å²) in [5.41, 5.74) is 0. The Morgan fingerprint density at radius 2 is 2.10 bits per heavy atom. The first-order chi connectivity index (χ1) is 10.0. The van der Waals surface area contributed by atoms with Crippen molar-refractivity contribution in [2.45, 2.75) is 58.0 Å². The number of nitrogens with one attached hydrogen (secondary N) is 2. The van der Waals surface area contributed by atoms with E-state index < -0.39 is 12.3 Å². The maximum atomic E-state index is 11.9. The molecule has 2 saturated heterocycles. The molecule has 0 aromatic rings. The maximum absolute atomic E-state index is 11.9. The number of amides is 3. The molecule has 3 aliphatic rings. The van der Waals surface area contributed by atoms with Gasteiger partial charge in [-0.15, -0.1) is 0 Å². The van der Waals surface area contributed by atoms with E-state index in [0.717, 1.165) is 32.3 Å². The first-order valence-electron chi connectivity index (χ1n) is 7.91. The molecule has 6 nitrogen and oxygen atoms in total. The third kappa shape index (κ3) is 3.21. The zero-order chi connectivity index (χ0) is 15.0. The third-order valence-corrected chi connectivity index (χ3v) is 4.64. The molecular formula is C15H24N2O4. The van der Waals surface area contributed by atoms with Gasteiger partial charge in [-0.05, 0) is 31.1 Å². The normalized spacial score (nSPS) is 39.3. The first-order valence-corrected chi connectivity index (χ1v) is 7.91. The number of urea groups is 1. The van der Waals surface area contributed by atoms with Crippen LogP contribution in [0.1, 0.15) is 39.5 Å². The SMILES string of the molecule is CC(C)COC1CCC2CC3C(=O)NC(=O)NC3OC2C1. The van der Waals surface area contributed by atoms with E-state index in [4.69, 9.17) is 9.47 Å². The summed E-state index contributed by atoms with van der Waals surface area (Å²) < 4.78 is 11.9. The lowest BCUT2D eigenvalue weighted by Gasteiger charge is -2.46. The van der Waals surface area contributed by atoms with Gasteiger partial charge < -0.3 is 14.8 Å². The lowest BCUT2D eigenvalue weighted by Crippen LogP contribution is -2.63. The van der Waals surface area contributed by atoms with E-state index in [1.807, 2.05) is 0 Å². The molecule has 2 aliphatic heterocycles. The van der Waals surface area contributed by atoms with E-state index in [0.29, 0.717) is 11.8 Å². The van der Waals surface area contributed by atoms with Crippen LogP contribution in [0, 0.1) is 17.8 Å². The van der Waals surface area contributed by atoms with E-state index in [9.17, 15) is 9.59 Å². The Kier molecular flexibility index (Phi) is 4.17. The largest absolute Gasteiger partial charge is 0.378 e. The molecule has 0 radical (unpaired) electrons. The van der Waals surface area contributed by atoms with Crippen molar-refractivity contribution in [3.63, 3.8) is 0 Å². The van der Waals surface area contributed by atoms with Crippen LogP contribution >= 0.6 is 0 Å². The second kappa shape index (κ2) is 5.93. The minimum absolute atomic E-state index is 0.0864. The van der Waals surface area contributed by atoms with Crippen LogP contribution in [0.2, 0.25) is 0 Å². The Hall–Kier alpha value is -1.14. The van der Waals surface area contributed by atoms with Gasteiger partial charge in [0.05, 0.1) is 18.1 Å². The molecule has 0 aromatic carbocycles. The number of fused-ring (bicyclic) bond motifs is 2. The first kappa shape index (κ1) is 14.8. The van der Waals surface area contributed by atoms with Gasteiger partial charge in [0.2, 0.25) is 5.91 Å². The highest BCUT2D eigenvalue weighted by molar-refractivity contribution is 5.98. The minimum atomic E-state index is -0.476. The van der Waals surface area contributed by atoms with E-state index in [2.05, 4.69) is 24.5 Å². The molecule has 1 saturated carbocycles. The quantitative estimate of drug-likeness (QED) is 0.825. The van der Waals surface area contributed by atoms with Crippen molar-refractivity contribution >= 4 is 11.9 Å². The highest BCUT2D eigenvalue weighted by Gasteiger charge is 2.47. The molecule has 21 heavy (non-hydrogen) atoms. The molecular weight excluding hydrogens is 272 g/mol. The second-order valence-electron chi connectivity index (χ2n) is 6.82. The third-order valence-electron chi connectivity index (χ3n) is 4.64. The van der Waals surface area contributed by atoms with Crippen LogP contribution in [0.15, 0.2) is 0 Å². The number of hydrogen-bond acceptors (Lipinski definition) is 4. The topological polar surface area (TPSA) is 76.7 Å². The Morgan fingerprint density at radius 3 is 2.86 bits per heavy atom. The van der Waals surface area contributed by atoms with E-state index in [1.54, 1.807) is 0 Å². The Labute approximate surface area is 124 Å². The number of ether oxygens (including phenoxy) is 2. The van der Waals surface area contributed by atoms with Crippen molar-refractivity contribution in [3.8, 4) is 0 Å². The number of imide groups is 1. The molecule has 3 amide bonds. The lowest BCUT2D eigenvalue weighted by molar-refractivity contribution is -0.172. The highest BCUT2D eigenvalue weighted by Crippen LogP contribution is 2.39. The Balaban J connectivity index is 1.59. The molecule has 1 aliphatic carbocycles. The van der Waals surface area contributed by atoms with Crippen molar-refractivity contribution in [2.24, 2.45) is 17.8 Å². The van der Waals surface area contributed by atoms with Crippen LogP contribution in [0.3, 0.4) is 0 Å². The number of carbonyl (C=O) groups excluding carboxylic acids is 2. The van der Waals surface area contributed by atoms with Crippen LogP contribution in [0.4, 0.5) is 4.79 Å². The molecule has 0 spiro atoms. The molecule has 0 bridgehead atoms. The average molecular weight is 296 g/mol. The smallest absolute Gasteiger partial charge is 0.323 e. The zero-order valence-electron chi connectivity index (χ0n) is 12.6. The summed E-state index contributed by atoms with van der Waals surface area (Å²) in [4.78, 5) is 23.3. The molecule has 0 aromatic heterocycles. The predicted octanol–water partition coefficient (Wildman–Crippen LogP) is 1.40. The summed E-state index contributed by atoms with van der Waals surface area (Å²) in [6.45, 7) is 5.06. The summed E-state index contributed by atoms with van der Waals surface area (Å²) in [5, 5.41) is 5.03. The molecule has 118 valence electrons. The van der Waals surface area contributed by atoms with Crippen LogP contribution in [0.25, 0.3) is 0 Å². The minimum Gasteiger partial charge on any atom is -0.378 e. The van der Waals surface area contributed by atoms with Gasteiger partial charge in [-0.2, -0.15) is 0 Å². The van der Waals surface area contributed by atoms with Crippen molar-refractivity contribution in [2.75, 3.05) is 6.61 Å². The number of hydrogen-bond donors (Lipinski definition) is 2. The van der Waals surface area contributed by atoms with Gasteiger partial charge in [0.1, 0.15) is 6.23 Å². The van der Waals surface area contributed by atoms with E-state index >= 15 is 0 Å². The number of rotatable bonds is 3. The van der Waals surface area contributed by atoms with Gasteiger partial charge in [-0.1, -0.05) is 13.8 Å². The second-order valence-corrected chi connectivity index (χ2v) is 6.82. The van der Waals surface area contributed by atoms with Gasteiger partial charge in [0, 0.05) is 13.0 Å². The molecule has 2 N–H and O–H groups in total. The highest BCUT2D eigenvalue weighted by atomic mass is 16.5. The average Bonchev–Trinajstić information content (AvgIpc) is 2.43. The van der Waals surface area contributed by atoms with Gasteiger partial charge in [-0.3, -0.25) is 10.1 Å². The number of carbonyl (C=O) groups is 2. The molecule has 6 heteroatoms. The van der Waals surface area contributed by atoms with Gasteiger partial charge in [0.15, 0.2) is 0 Å². The molecule has 2 heterocycles. The van der Waals surface area contributed by atoms with Crippen LogP contribution in [0.5, 0.6) is 0 Å².